The molecule has 0 unspecified atom stereocenters. The van der Waals surface area contributed by atoms with Crippen LogP contribution in [0.3, 0.4) is 0 Å². The van der Waals surface area contributed by atoms with Gasteiger partial charge in [-0.25, -0.2) is 8.42 Å². The number of nitrogens with one attached hydrogen (secondary N) is 1. The fourth-order valence-electron chi connectivity index (χ4n) is 3.43. The van der Waals surface area contributed by atoms with Gasteiger partial charge in [0.1, 0.15) is 0 Å². The molecule has 1 heterocycles. The van der Waals surface area contributed by atoms with Crippen LogP contribution < -0.4 is 5.32 Å². The van der Waals surface area contributed by atoms with Crippen LogP contribution in [-0.2, 0) is 27.8 Å². The molecule has 1 N–H and O–H groups in total. The average Bonchev–Trinajstić information content (AvgIpc) is 3.33. The largest absolute Gasteiger partial charge is 0.421 e. The molecule has 9 heteroatoms. The van der Waals surface area contributed by atoms with Crippen molar-refractivity contribution in [1.82, 2.24) is 14.5 Å². The lowest BCUT2D eigenvalue weighted by Crippen LogP contribution is -2.26. The third kappa shape index (κ3) is 6.20. The van der Waals surface area contributed by atoms with Crippen molar-refractivity contribution in [3.63, 3.8) is 0 Å². The molecule has 0 saturated carbocycles. The van der Waals surface area contributed by atoms with Crippen molar-refractivity contribution in [2.24, 2.45) is 0 Å². The van der Waals surface area contributed by atoms with Crippen molar-refractivity contribution in [2.75, 3.05) is 12.4 Å². The topological polar surface area (TPSA) is 105 Å². The summed E-state index contributed by atoms with van der Waals surface area (Å²) < 4.78 is 32.7. The number of hydrogen-bond acceptors (Lipinski definition) is 6. The van der Waals surface area contributed by atoms with E-state index in [-0.39, 0.29) is 23.8 Å². The second kappa shape index (κ2) is 10.6. The molecule has 0 spiro atoms. The molecule has 4 aromatic rings. The predicted octanol–water partition coefficient (Wildman–Crippen LogP) is 4.44. The summed E-state index contributed by atoms with van der Waals surface area (Å²) in [7, 11) is -2.12. The Morgan fingerprint density at radius 3 is 2.31 bits per heavy atom. The highest BCUT2D eigenvalue weighted by Crippen LogP contribution is 2.21. The molecule has 8 nitrogen and oxygen atoms in total. The molecule has 4 rings (SSSR count). The Labute approximate surface area is 204 Å². The van der Waals surface area contributed by atoms with E-state index in [1.54, 1.807) is 19.2 Å². The third-order valence-electron chi connectivity index (χ3n) is 5.43. The molecule has 0 aliphatic carbocycles. The van der Waals surface area contributed by atoms with Crippen molar-refractivity contribution < 1.29 is 17.6 Å². The van der Waals surface area contributed by atoms with Crippen LogP contribution in [-0.4, -0.2) is 35.9 Å². The van der Waals surface area contributed by atoms with Gasteiger partial charge in [-0.2, -0.15) is 4.31 Å². The smallest absolute Gasteiger partial charge is 0.247 e. The molecular formula is C26H26N4O4S. The van der Waals surface area contributed by atoms with Gasteiger partial charge < -0.3 is 9.73 Å². The number of sulfonamides is 1. The van der Waals surface area contributed by atoms with E-state index in [4.69, 9.17) is 4.42 Å². The molecule has 180 valence electrons. The number of amides is 1. The number of carbonyl (C=O) groups excluding carboxylic acids is 1. The highest BCUT2D eigenvalue weighted by molar-refractivity contribution is 7.89. The maximum atomic E-state index is 12.9. The second-order valence-corrected chi connectivity index (χ2v) is 10.2. The summed E-state index contributed by atoms with van der Waals surface area (Å²) in [5.41, 5.74) is 3.36. The van der Waals surface area contributed by atoms with Gasteiger partial charge in [0.05, 0.1) is 4.90 Å². The lowest BCUT2D eigenvalue weighted by molar-refractivity contribution is -0.116. The van der Waals surface area contributed by atoms with E-state index in [0.717, 1.165) is 16.7 Å². The minimum Gasteiger partial charge on any atom is -0.421 e. The first kappa shape index (κ1) is 24.3. The molecule has 0 aliphatic heterocycles. The molecule has 0 fully saturated rings. The molecule has 3 aromatic carbocycles. The number of aromatic nitrogens is 2. The van der Waals surface area contributed by atoms with Gasteiger partial charge in [-0.05, 0) is 48.9 Å². The first-order chi connectivity index (χ1) is 16.8. The number of nitrogens with zero attached hydrogens (tertiary/aromatic N) is 3. The predicted molar refractivity (Wildman–Crippen MR) is 133 cm³/mol. The Kier molecular flexibility index (Phi) is 7.38. The molecule has 0 radical (unpaired) electrons. The van der Waals surface area contributed by atoms with Gasteiger partial charge in [0.15, 0.2) is 0 Å². The fraction of sp³-hybridized carbons (Fsp3) is 0.192. The van der Waals surface area contributed by atoms with Crippen molar-refractivity contribution in [3.8, 4) is 11.5 Å². The maximum Gasteiger partial charge on any atom is 0.247 e. The van der Waals surface area contributed by atoms with Crippen LogP contribution in [0.5, 0.6) is 0 Å². The fourth-order valence-corrected chi connectivity index (χ4v) is 4.59. The van der Waals surface area contributed by atoms with Crippen molar-refractivity contribution >= 4 is 21.6 Å². The van der Waals surface area contributed by atoms with Crippen LogP contribution in [0, 0.1) is 6.92 Å². The van der Waals surface area contributed by atoms with Gasteiger partial charge in [0.2, 0.25) is 27.7 Å². The van der Waals surface area contributed by atoms with E-state index in [0.29, 0.717) is 23.9 Å². The van der Waals surface area contributed by atoms with E-state index >= 15 is 0 Å². The number of benzene rings is 3. The van der Waals surface area contributed by atoms with Crippen molar-refractivity contribution in [3.05, 3.63) is 95.9 Å². The Bertz CT molecular complexity index is 1380. The summed E-state index contributed by atoms with van der Waals surface area (Å²) in [5, 5.41) is 10.8. The van der Waals surface area contributed by atoms with Gasteiger partial charge in [-0.1, -0.05) is 48.0 Å². The van der Waals surface area contributed by atoms with Crippen LogP contribution in [0.15, 0.2) is 88.2 Å². The molecular weight excluding hydrogens is 464 g/mol. The lowest BCUT2D eigenvalue weighted by atomic mass is 10.1. The van der Waals surface area contributed by atoms with Crippen molar-refractivity contribution in [2.45, 2.75) is 31.2 Å². The minimum absolute atomic E-state index is 0.148. The Hall–Kier alpha value is -3.82. The summed E-state index contributed by atoms with van der Waals surface area (Å²) in [6.45, 7) is 2.27. The quantitative estimate of drug-likeness (QED) is 0.372. The number of anilines is 1. The molecule has 0 bridgehead atoms. The van der Waals surface area contributed by atoms with Crippen LogP contribution in [0.2, 0.25) is 0 Å². The highest BCUT2D eigenvalue weighted by Gasteiger charge is 2.21. The first-order valence-corrected chi connectivity index (χ1v) is 12.5. The van der Waals surface area contributed by atoms with E-state index in [1.165, 1.54) is 16.4 Å². The van der Waals surface area contributed by atoms with E-state index in [9.17, 15) is 13.2 Å². The molecule has 0 aliphatic rings. The summed E-state index contributed by atoms with van der Waals surface area (Å²) >= 11 is 0. The Morgan fingerprint density at radius 2 is 1.63 bits per heavy atom. The van der Waals surface area contributed by atoms with Gasteiger partial charge in [-0.15, -0.1) is 10.2 Å². The summed E-state index contributed by atoms with van der Waals surface area (Å²) in [4.78, 5) is 12.5. The maximum absolute atomic E-state index is 12.9. The second-order valence-electron chi connectivity index (χ2n) is 8.19. The van der Waals surface area contributed by atoms with Crippen LogP contribution in [0.4, 0.5) is 5.69 Å². The molecule has 0 saturated heterocycles. The monoisotopic (exact) mass is 490 g/mol. The van der Waals surface area contributed by atoms with E-state index in [2.05, 4.69) is 15.5 Å². The number of hydrogen-bond donors (Lipinski definition) is 1. The Balaban J connectivity index is 1.31. The third-order valence-corrected chi connectivity index (χ3v) is 7.24. The van der Waals surface area contributed by atoms with Crippen LogP contribution >= 0.6 is 0 Å². The van der Waals surface area contributed by atoms with E-state index in [1.807, 2.05) is 61.5 Å². The summed E-state index contributed by atoms with van der Waals surface area (Å²) in [6, 6.07) is 23.2. The SMILES string of the molecule is Cc1ccc(-c2nnc(CCC(=O)Nc3ccc(S(=O)(=O)N(C)Cc4ccccc4)cc3)o2)cc1. The van der Waals surface area contributed by atoms with Gasteiger partial charge >= 0.3 is 0 Å². The molecule has 1 amide bonds. The summed E-state index contributed by atoms with van der Waals surface area (Å²) in [6.07, 6.45) is 0.441. The number of carbonyl (C=O) groups is 1. The van der Waals surface area contributed by atoms with Crippen LogP contribution in [0.1, 0.15) is 23.4 Å². The van der Waals surface area contributed by atoms with E-state index < -0.39 is 10.0 Å². The molecule has 1 aromatic heterocycles. The molecule has 0 atom stereocenters. The average molecular weight is 491 g/mol. The summed E-state index contributed by atoms with van der Waals surface area (Å²) in [5.74, 6) is 0.546. The number of aryl methyl sites for hydroxylation is 2. The lowest BCUT2D eigenvalue weighted by Gasteiger charge is -2.17. The van der Waals surface area contributed by atoms with Gasteiger partial charge in [-0.3, -0.25) is 4.79 Å². The zero-order valence-corrected chi connectivity index (χ0v) is 20.3. The standard InChI is InChI=1S/C26H26N4O4S/c1-19-8-10-21(11-9-19)26-29-28-25(34-26)17-16-24(31)27-22-12-14-23(15-13-22)35(32,33)30(2)18-20-6-4-3-5-7-20/h3-15H,16-18H2,1-2H3,(H,27,31). The van der Waals surface area contributed by atoms with Gasteiger partial charge in [0, 0.05) is 37.7 Å². The number of rotatable bonds is 9. The zero-order valence-electron chi connectivity index (χ0n) is 19.5. The van der Waals surface area contributed by atoms with Crippen LogP contribution in [0.25, 0.3) is 11.5 Å². The molecule has 35 heavy (non-hydrogen) atoms. The van der Waals surface area contributed by atoms with Crippen molar-refractivity contribution in [1.29, 1.82) is 0 Å². The Morgan fingerprint density at radius 1 is 0.943 bits per heavy atom. The highest BCUT2D eigenvalue weighted by atomic mass is 32.2. The van der Waals surface area contributed by atoms with Gasteiger partial charge in [0.25, 0.3) is 0 Å². The minimum atomic E-state index is -3.66. The first-order valence-electron chi connectivity index (χ1n) is 11.1. The zero-order chi connectivity index (χ0) is 24.8. The normalized spacial score (nSPS) is 11.5.